The summed E-state index contributed by atoms with van der Waals surface area (Å²) in [5, 5.41) is 0. The maximum Gasteiger partial charge on any atom is 0.0242 e. The van der Waals surface area contributed by atoms with Crippen molar-refractivity contribution in [2.45, 2.75) is 64.7 Å². The molecule has 0 N–H and O–H groups in total. The van der Waals surface area contributed by atoms with E-state index in [0.29, 0.717) is 12.0 Å². The summed E-state index contributed by atoms with van der Waals surface area (Å²) >= 11 is 0. The van der Waals surface area contributed by atoms with E-state index in [2.05, 4.69) is 61.8 Å². The Morgan fingerprint density at radius 1 is 1.10 bits per heavy atom. The van der Waals surface area contributed by atoms with Crippen LogP contribution in [0.5, 0.6) is 0 Å². The molecule has 1 aromatic rings. The van der Waals surface area contributed by atoms with Crippen LogP contribution in [0.3, 0.4) is 0 Å². The highest BCUT2D eigenvalue weighted by Crippen LogP contribution is 2.33. The molecule has 2 heteroatoms. The van der Waals surface area contributed by atoms with E-state index >= 15 is 0 Å². The van der Waals surface area contributed by atoms with Crippen molar-refractivity contribution >= 4 is 0 Å². The number of nitrogens with zero attached hydrogens (tertiary/aromatic N) is 2. The van der Waals surface area contributed by atoms with Crippen molar-refractivity contribution in [3.8, 4) is 0 Å². The van der Waals surface area contributed by atoms with Crippen LogP contribution in [0.1, 0.15) is 51.2 Å². The Labute approximate surface area is 123 Å². The summed E-state index contributed by atoms with van der Waals surface area (Å²) in [6, 6.07) is 11.5. The molecule has 2 aliphatic heterocycles. The van der Waals surface area contributed by atoms with E-state index in [1.165, 1.54) is 30.6 Å². The molecule has 3 rings (SSSR count). The summed E-state index contributed by atoms with van der Waals surface area (Å²) in [4.78, 5) is 5.38. The van der Waals surface area contributed by atoms with Gasteiger partial charge in [0, 0.05) is 37.8 Å². The molecule has 2 saturated heterocycles. The van der Waals surface area contributed by atoms with Gasteiger partial charge in [0.15, 0.2) is 0 Å². The third-order valence-electron chi connectivity index (χ3n) is 5.06. The fourth-order valence-corrected chi connectivity index (χ4v) is 3.89. The molecule has 2 atom stereocenters. The molecule has 20 heavy (non-hydrogen) atoms. The lowest BCUT2D eigenvalue weighted by atomic mass is 10.0. The molecule has 0 aliphatic carbocycles. The van der Waals surface area contributed by atoms with E-state index in [-0.39, 0.29) is 0 Å². The highest BCUT2D eigenvalue weighted by Gasteiger charge is 2.43. The summed E-state index contributed by atoms with van der Waals surface area (Å²) in [7, 11) is 0. The SMILES string of the molecule is CC(C)c1cccc(CN2CC3CC2CN3C(C)C)c1. The van der Waals surface area contributed by atoms with Crippen molar-refractivity contribution in [3.63, 3.8) is 0 Å². The molecule has 0 amide bonds. The van der Waals surface area contributed by atoms with Crippen LogP contribution in [0.15, 0.2) is 24.3 Å². The smallest absolute Gasteiger partial charge is 0.0242 e. The molecule has 2 unspecified atom stereocenters. The molecule has 2 heterocycles. The zero-order valence-electron chi connectivity index (χ0n) is 13.3. The average molecular weight is 272 g/mol. The molecule has 1 aromatic carbocycles. The van der Waals surface area contributed by atoms with Gasteiger partial charge in [-0.3, -0.25) is 9.80 Å². The zero-order chi connectivity index (χ0) is 14.3. The number of fused-ring (bicyclic) bond motifs is 2. The van der Waals surface area contributed by atoms with Gasteiger partial charge in [-0.25, -0.2) is 0 Å². The molecule has 110 valence electrons. The summed E-state index contributed by atoms with van der Waals surface area (Å²) in [5.41, 5.74) is 2.95. The van der Waals surface area contributed by atoms with Crippen molar-refractivity contribution in [2.24, 2.45) is 0 Å². The first-order valence-electron chi connectivity index (χ1n) is 8.13. The predicted molar refractivity (Wildman–Crippen MR) is 85.0 cm³/mol. The second-order valence-corrected chi connectivity index (χ2v) is 7.16. The lowest BCUT2D eigenvalue weighted by Gasteiger charge is -2.36. The minimum atomic E-state index is 0.626. The molecule has 0 radical (unpaired) electrons. The van der Waals surface area contributed by atoms with E-state index < -0.39 is 0 Å². The Morgan fingerprint density at radius 3 is 2.50 bits per heavy atom. The summed E-state index contributed by atoms with van der Waals surface area (Å²) in [6.45, 7) is 12.9. The van der Waals surface area contributed by atoms with Crippen LogP contribution in [0, 0.1) is 0 Å². The zero-order valence-corrected chi connectivity index (χ0v) is 13.3. The van der Waals surface area contributed by atoms with Crippen LogP contribution < -0.4 is 0 Å². The largest absolute Gasteiger partial charge is 0.295 e. The molecule has 2 bridgehead atoms. The van der Waals surface area contributed by atoms with Gasteiger partial charge in [-0.2, -0.15) is 0 Å². The third-order valence-corrected chi connectivity index (χ3v) is 5.06. The van der Waals surface area contributed by atoms with E-state index in [0.717, 1.165) is 18.6 Å². The molecule has 2 nitrogen and oxygen atoms in total. The van der Waals surface area contributed by atoms with Crippen LogP contribution >= 0.6 is 0 Å². The van der Waals surface area contributed by atoms with Crippen LogP contribution in [0.2, 0.25) is 0 Å². The molecular weight excluding hydrogens is 244 g/mol. The van der Waals surface area contributed by atoms with E-state index in [1.807, 2.05) is 0 Å². The minimum absolute atomic E-state index is 0.626. The first kappa shape index (κ1) is 14.1. The Bertz CT molecular complexity index is 466. The Balaban J connectivity index is 1.65. The number of benzene rings is 1. The van der Waals surface area contributed by atoms with Crippen LogP contribution in [-0.4, -0.2) is 41.0 Å². The minimum Gasteiger partial charge on any atom is -0.295 e. The summed E-state index contributed by atoms with van der Waals surface area (Å²) in [6.07, 6.45) is 1.38. The van der Waals surface area contributed by atoms with Crippen molar-refractivity contribution in [3.05, 3.63) is 35.4 Å². The maximum absolute atomic E-state index is 2.70. The molecule has 0 aromatic heterocycles. The third kappa shape index (κ3) is 2.64. The topological polar surface area (TPSA) is 6.48 Å². The van der Waals surface area contributed by atoms with Gasteiger partial charge in [-0.15, -0.1) is 0 Å². The lowest BCUT2D eigenvalue weighted by molar-refractivity contribution is 0.0998. The van der Waals surface area contributed by atoms with Crippen LogP contribution in [-0.2, 0) is 6.54 Å². The average Bonchev–Trinajstić information content (AvgIpc) is 2.98. The van der Waals surface area contributed by atoms with Gasteiger partial charge in [0.05, 0.1) is 0 Å². The van der Waals surface area contributed by atoms with Gasteiger partial charge in [0.2, 0.25) is 0 Å². The van der Waals surface area contributed by atoms with E-state index in [9.17, 15) is 0 Å². The first-order chi connectivity index (χ1) is 9.54. The Kier molecular flexibility index (Phi) is 3.87. The fraction of sp³-hybridized carbons (Fsp3) is 0.667. The number of hydrogen-bond acceptors (Lipinski definition) is 2. The molecule has 0 spiro atoms. The monoisotopic (exact) mass is 272 g/mol. The normalized spacial score (nSPS) is 27.1. The molecule has 0 saturated carbocycles. The predicted octanol–water partition coefficient (Wildman–Crippen LogP) is 3.48. The van der Waals surface area contributed by atoms with Gasteiger partial charge in [0.1, 0.15) is 0 Å². The molecule has 2 aliphatic rings. The molecular formula is C18H28N2. The van der Waals surface area contributed by atoms with Gasteiger partial charge in [-0.05, 0) is 37.3 Å². The Hall–Kier alpha value is -0.860. The van der Waals surface area contributed by atoms with E-state index in [4.69, 9.17) is 0 Å². The quantitative estimate of drug-likeness (QED) is 0.828. The van der Waals surface area contributed by atoms with Crippen LogP contribution in [0.4, 0.5) is 0 Å². The van der Waals surface area contributed by atoms with Crippen LogP contribution in [0.25, 0.3) is 0 Å². The Morgan fingerprint density at radius 2 is 1.90 bits per heavy atom. The maximum atomic E-state index is 2.70. The summed E-state index contributed by atoms with van der Waals surface area (Å²) < 4.78 is 0. The number of hydrogen-bond donors (Lipinski definition) is 0. The number of rotatable bonds is 4. The first-order valence-corrected chi connectivity index (χ1v) is 8.13. The highest BCUT2D eigenvalue weighted by atomic mass is 15.4. The van der Waals surface area contributed by atoms with Crippen molar-refractivity contribution in [1.29, 1.82) is 0 Å². The second-order valence-electron chi connectivity index (χ2n) is 7.16. The van der Waals surface area contributed by atoms with Crippen molar-refractivity contribution in [1.82, 2.24) is 9.80 Å². The lowest BCUT2D eigenvalue weighted by Crippen LogP contribution is -2.48. The van der Waals surface area contributed by atoms with Gasteiger partial charge in [0.25, 0.3) is 0 Å². The summed E-state index contributed by atoms with van der Waals surface area (Å²) in [5.74, 6) is 0.626. The van der Waals surface area contributed by atoms with Gasteiger partial charge in [-0.1, -0.05) is 38.1 Å². The van der Waals surface area contributed by atoms with Crippen molar-refractivity contribution in [2.75, 3.05) is 13.1 Å². The molecule has 2 fully saturated rings. The number of likely N-dealkylation sites (tertiary alicyclic amines) is 2. The van der Waals surface area contributed by atoms with Gasteiger partial charge < -0.3 is 0 Å². The van der Waals surface area contributed by atoms with E-state index in [1.54, 1.807) is 0 Å². The standard InChI is InChI=1S/C18H28N2/c1-13(2)16-7-5-6-15(8-16)10-19-11-18-9-17(19)12-20(18)14(3)4/h5-8,13-14,17-18H,9-12H2,1-4H3. The highest BCUT2D eigenvalue weighted by molar-refractivity contribution is 5.26. The number of piperazine rings is 1. The van der Waals surface area contributed by atoms with Gasteiger partial charge >= 0.3 is 0 Å². The van der Waals surface area contributed by atoms with Crippen molar-refractivity contribution < 1.29 is 0 Å². The fourth-order valence-electron chi connectivity index (χ4n) is 3.89. The second kappa shape index (κ2) is 5.50.